The van der Waals surface area contributed by atoms with Crippen molar-refractivity contribution >= 4 is 69.2 Å². The van der Waals surface area contributed by atoms with Crippen molar-refractivity contribution in [2.75, 3.05) is 11.9 Å². The number of phenols is 1. The molecule has 28 heavy (non-hydrogen) atoms. The SMILES string of the molecule is O=C(CCN1C(=O)C(=Cc2cccs2)SC1=S)Nc1ccc(O)cc1C(=O)O. The van der Waals surface area contributed by atoms with E-state index >= 15 is 0 Å². The van der Waals surface area contributed by atoms with Crippen LogP contribution in [-0.2, 0) is 9.59 Å². The minimum atomic E-state index is -1.28. The number of phenolic OH excluding ortho intramolecular Hbond substituents is 1. The number of anilines is 1. The van der Waals surface area contributed by atoms with Gasteiger partial charge in [0, 0.05) is 17.8 Å². The van der Waals surface area contributed by atoms with Crippen molar-refractivity contribution in [3.05, 3.63) is 51.1 Å². The van der Waals surface area contributed by atoms with Crippen LogP contribution in [0.4, 0.5) is 5.69 Å². The summed E-state index contributed by atoms with van der Waals surface area (Å²) in [5, 5.41) is 23.0. The summed E-state index contributed by atoms with van der Waals surface area (Å²) in [5.74, 6) is -2.22. The second-order valence-corrected chi connectivity index (χ2v) is 8.34. The van der Waals surface area contributed by atoms with Crippen molar-refractivity contribution in [3.63, 3.8) is 0 Å². The highest BCUT2D eigenvalue weighted by atomic mass is 32.2. The lowest BCUT2D eigenvalue weighted by atomic mass is 10.1. The van der Waals surface area contributed by atoms with Crippen molar-refractivity contribution in [1.29, 1.82) is 0 Å². The Labute approximate surface area is 173 Å². The minimum Gasteiger partial charge on any atom is -0.508 e. The molecule has 0 saturated carbocycles. The second kappa shape index (κ2) is 8.55. The van der Waals surface area contributed by atoms with E-state index in [4.69, 9.17) is 17.3 Å². The van der Waals surface area contributed by atoms with E-state index in [-0.39, 0.29) is 35.9 Å². The predicted molar refractivity (Wildman–Crippen MR) is 113 cm³/mol. The van der Waals surface area contributed by atoms with Crippen molar-refractivity contribution < 1.29 is 24.6 Å². The molecule has 144 valence electrons. The molecule has 0 radical (unpaired) electrons. The smallest absolute Gasteiger partial charge is 0.337 e. The molecule has 1 aliphatic rings. The first kappa shape index (κ1) is 20.1. The molecule has 1 aromatic heterocycles. The zero-order valence-electron chi connectivity index (χ0n) is 14.2. The van der Waals surface area contributed by atoms with Crippen molar-refractivity contribution in [2.45, 2.75) is 6.42 Å². The number of benzene rings is 1. The molecule has 0 atom stereocenters. The number of aromatic carboxylic acids is 1. The Bertz CT molecular complexity index is 985. The van der Waals surface area contributed by atoms with Crippen molar-refractivity contribution in [2.24, 2.45) is 0 Å². The number of rotatable bonds is 6. The van der Waals surface area contributed by atoms with Crippen LogP contribution in [0.25, 0.3) is 6.08 Å². The molecule has 1 fully saturated rings. The molecule has 2 amide bonds. The Kier molecular flexibility index (Phi) is 6.12. The van der Waals surface area contributed by atoms with E-state index in [1.165, 1.54) is 40.1 Å². The molecule has 7 nitrogen and oxygen atoms in total. The van der Waals surface area contributed by atoms with Gasteiger partial charge in [0.2, 0.25) is 5.91 Å². The third-order valence-corrected chi connectivity index (χ3v) is 5.96. The quantitative estimate of drug-likeness (QED) is 0.363. The zero-order chi connectivity index (χ0) is 20.3. The van der Waals surface area contributed by atoms with Crippen LogP contribution in [0.3, 0.4) is 0 Å². The molecular formula is C18H14N2O5S3. The summed E-state index contributed by atoms with van der Waals surface area (Å²) in [4.78, 5) is 38.7. The third kappa shape index (κ3) is 4.58. The summed E-state index contributed by atoms with van der Waals surface area (Å²) in [6, 6.07) is 7.41. The summed E-state index contributed by atoms with van der Waals surface area (Å²) in [7, 11) is 0. The van der Waals surface area contributed by atoms with Gasteiger partial charge in [0.15, 0.2) is 0 Å². The number of nitrogens with one attached hydrogen (secondary N) is 1. The fourth-order valence-electron chi connectivity index (χ4n) is 2.44. The number of carbonyl (C=O) groups excluding carboxylic acids is 2. The highest BCUT2D eigenvalue weighted by Gasteiger charge is 2.32. The average Bonchev–Trinajstić information content (AvgIpc) is 3.24. The molecule has 0 spiro atoms. The van der Waals surface area contributed by atoms with E-state index in [0.717, 1.165) is 10.9 Å². The number of carboxylic acids is 1. The second-order valence-electron chi connectivity index (χ2n) is 5.68. The number of thioether (sulfide) groups is 1. The van der Waals surface area contributed by atoms with Crippen LogP contribution in [0, 0.1) is 0 Å². The van der Waals surface area contributed by atoms with E-state index in [9.17, 15) is 19.5 Å². The van der Waals surface area contributed by atoms with E-state index in [0.29, 0.717) is 9.23 Å². The summed E-state index contributed by atoms with van der Waals surface area (Å²) in [5.41, 5.74) is -0.156. The number of carbonyl (C=O) groups is 3. The lowest BCUT2D eigenvalue weighted by Gasteiger charge is -2.14. The first-order chi connectivity index (χ1) is 13.3. The summed E-state index contributed by atoms with van der Waals surface area (Å²) >= 11 is 7.92. The lowest BCUT2D eigenvalue weighted by Crippen LogP contribution is -2.31. The van der Waals surface area contributed by atoms with E-state index in [1.54, 1.807) is 6.08 Å². The van der Waals surface area contributed by atoms with E-state index < -0.39 is 11.9 Å². The molecule has 2 aromatic rings. The van der Waals surface area contributed by atoms with E-state index in [1.807, 2.05) is 17.5 Å². The maximum absolute atomic E-state index is 12.5. The van der Waals surface area contributed by atoms with Crippen LogP contribution >= 0.6 is 35.3 Å². The van der Waals surface area contributed by atoms with Crippen LogP contribution in [0.1, 0.15) is 21.7 Å². The van der Waals surface area contributed by atoms with Crippen LogP contribution < -0.4 is 5.32 Å². The summed E-state index contributed by atoms with van der Waals surface area (Å²) < 4.78 is 0.372. The highest BCUT2D eigenvalue weighted by Crippen LogP contribution is 2.33. The Hall–Kier alpha value is -2.69. The first-order valence-electron chi connectivity index (χ1n) is 8.00. The summed E-state index contributed by atoms with van der Waals surface area (Å²) in [6.07, 6.45) is 1.71. The number of hydrogen-bond acceptors (Lipinski definition) is 7. The highest BCUT2D eigenvalue weighted by molar-refractivity contribution is 8.26. The Morgan fingerprint density at radius 3 is 2.75 bits per heavy atom. The molecule has 1 saturated heterocycles. The largest absolute Gasteiger partial charge is 0.508 e. The third-order valence-electron chi connectivity index (χ3n) is 3.76. The van der Waals surface area contributed by atoms with Gasteiger partial charge in [-0.1, -0.05) is 30.0 Å². The Balaban J connectivity index is 1.63. The molecule has 0 aliphatic carbocycles. The number of thiophene rings is 1. The van der Waals surface area contributed by atoms with Gasteiger partial charge < -0.3 is 15.5 Å². The molecule has 2 heterocycles. The fourth-order valence-corrected chi connectivity index (χ4v) is 4.47. The monoisotopic (exact) mass is 434 g/mol. The lowest BCUT2D eigenvalue weighted by molar-refractivity contribution is -0.122. The normalized spacial score (nSPS) is 15.3. The molecule has 3 N–H and O–H groups in total. The average molecular weight is 435 g/mol. The maximum Gasteiger partial charge on any atom is 0.337 e. The van der Waals surface area contributed by atoms with Crippen LogP contribution in [0.15, 0.2) is 40.6 Å². The van der Waals surface area contributed by atoms with Crippen LogP contribution in [0.2, 0.25) is 0 Å². The minimum absolute atomic E-state index is 0.0569. The Morgan fingerprint density at radius 2 is 2.07 bits per heavy atom. The van der Waals surface area contributed by atoms with Gasteiger partial charge in [-0.25, -0.2) is 4.79 Å². The van der Waals surface area contributed by atoms with Gasteiger partial charge in [0.25, 0.3) is 5.91 Å². The molecule has 0 bridgehead atoms. The number of thiocarbonyl (C=S) groups is 1. The molecule has 3 rings (SSSR count). The fraction of sp³-hybridized carbons (Fsp3) is 0.111. The maximum atomic E-state index is 12.5. The van der Waals surface area contributed by atoms with Crippen molar-refractivity contribution in [3.8, 4) is 5.75 Å². The van der Waals surface area contributed by atoms with Gasteiger partial charge in [-0.05, 0) is 35.7 Å². The summed E-state index contributed by atoms with van der Waals surface area (Å²) in [6.45, 7) is 0.0821. The van der Waals surface area contributed by atoms with Crippen molar-refractivity contribution in [1.82, 2.24) is 4.90 Å². The molecule has 1 aliphatic heterocycles. The topological polar surface area (TPSA) is 107 Å². The van der Waals surface area contributed by atoms with Gasteiger partial charge in [0.05, 0.1) is 16.2 Å². The first-order valence-corrected chi connectivity index (χ1v) is 10.1. The number of hydrogen-bond donors (Lipinski definition) is 3. The number of carboxylic acid groups (broad SMARTS) is 1. The standard InChI is InChI=1S/C18H14N2O5S3/c21-10-3-4-13(12(8-10)17(24)25)19-15(22)5-6-20-16(23)14(28-18(20)26)9-11-2-1-7-27-11/h1-4,7-9,21H,5-6H2,(H,19,22)(H,24,25). The molecule has 10 heteroatoms. The molecule has 1 aromatic carbocycles. The van der Waals surface area contributed by atoms with Crippen LogP contribution in [0.5, 0.6) is 5.75 Å². The number of amides is 2. The molecular weight excluding hydrogens is 420 g/mol. The van der Waals surface area contributed by atoms with Crippen LogP contribution in [-0.4, -0.2) is 43.8 Å². The van der Waals surface area contributed by atoms with Gasteiger partial charge in [-0.3, -0.25) is 14.5 Å². The van der Waals surface area contributed by atoms with E-state index in [2.05, 4.69) is 5.32 Å². The predicted octanol–water partition coefficient (Wildman–Crippen LogP) is 3.38. The van der Waals surface area contributed by atoms with Gasteiger partial charge in [-0.2, -0.15) is 0 Å². The van der Waals surface area contributed by atoms with Gasteiger partial charge in [-0.15, -0.1) is 11.3 Å². The van der Waals surface area contributed by atoms with Gasteiger partial charge in [0.1, 0.15) is 10.1 Å². The molecule has 0 unspecified atom stereocenters. The zero-order valence-corrected chi connectivity index (χ0v) is 16.7. The Morgan fingerprint density at radius 1 is 1.29 bits per heavy atom. The van der Waals surface area contributed by atoms with Gasteiger partial charge >= 0.3 is 5.97 Å². The number of aromatic hydroxyl groups is 1. The number of nitrogens with zero attached hydrogens (tertiary/aromatic N) is 1.